The highest BCUT2D eigenvalue weighted by Gasteiger charge is 2.39. The molecule has 2 heterocycles. The number of hydrogen-bond donors (Lipinski definition) is 16. The maximum absolute atomic E-state index is 14.3. The van der Waals surface area contributed by atoms with Crippen molar-refractivity contribution in [3.63, 3.8) is 0 Å². The summed E-state index contributed by atoms with van der Waals surface area (Å²) < 4.78 is 0. The van der Waals surface area contributed by atoms with Crippen molar-refractivity contribution in [1.82, 2.24) is 47.1 Å². The van der Waals surface area contributed by atoms with E-state index in [9.17, 15) is 68.4 Å². The van der Waals surface area contributed by atoms with Gasteiger partial charge < -0.3 is 90.5 Å². The average Bonchev–Trinajstić information content (AvgIpc) is 3.98. The van der Waals surface area contributed by atoms with Crippen molar-refractivity contribution >= 4 is 76.0 Å². The molecular formula is C43H66N14O14. The molecule has 1 aromatic carbocycles. The van der Waals surface area contributed by atoms with E-state index in [4.69, 9.17) is 22.9 Å². The number of nitrogens with one attached hydrogen (secondary N) is 8. The van der Waals surface area contributed by atoms with E-state index in [1.807, 2.05) is 0 Å². The van der Waals surface area contributed by atoms with Gasteiger partial charge >= 0.3 is 5.97 Å². The summed E-state index contributed by atoms with van der Waals surface area (Å²) in [6.45, 7) is 2.03. The van der Waals surface area contributed by atoms with Crippen LogP contribution in [0.5, 0.6) is 0 Å². The van der Waals surface area contributed by atoms with Crippen LogP contribution in [0.1, 0.15) is 64.9 Å². The van der Waals surface area contributed by atoms with Crippen molar-refractivity contribution in [2.24, 2.45) is 27.9 Å². The van der Waals surface area contributed by atoms with Crippen LogP contribution in [0.25, 0.3) is 10.9 Å². The van der Waals surface area contributed by atoms with Crippen LogP contribution in [-0.2, 0) is 54.4 Å². The van der Waals surface area contributed by atoms with Crippen LogP contribution in [0.15, 0.2) is 35.5 Å². The second-order valence-corrected chi connectivity index (χ2v) is 16.9. The van der Waals surface area contributed by atoms with Gasteiger partial charge in [0.05, 0.1) is 19.3 Å². The number of nitrogens with zero attached hydrogens (tertiary/aromatic N) is 2. The number of benzene rings is 1. The number of H-pyrrole nitrogens is 1. The Labute approximate surface area is 407 Å². The maximum atomic E-state index is 14.3. The Bertz CT molecular complexity index is 2270. The molecule has 71 heavy (non-hydrogen) atoms. The highest BCUT2D eigenvalue weighted by atomic mass is 16.4. The Morgan fingerprint density at radius 2 is 1.32 bits per heavy atom. The molecule has 28 heteroatoms. The normalized spacial score (nSPS) is 17.1. The van der Waals surface area contributed by atoms with E-state index in [2.05, 4.69) is 47.2 Å². The van der Waals surface area contributed by atoms with E-state index in [0.717, 1.165) is 4.90 Å². The molecule has 1 aliphatic heterocycles. The minimum absolute atomic E-state index is 0.0219. The summed E-state index contributed by atoms with van der Waals surface area (Å²) in [6, 6.07) is -5.98. The summed E-state index contributed by atoms with van der Waals surface area (Å²) in [7, 11) is 0. The van der Waals surface area contributed by atoms with Crippen LogP contribution >= 0.6 is 0 Å². The molecule has 0 spiro atoms. The fourth-order valence-corrected chi connectivity index (χ4v) is 7.40. The molecule has 0 unspecified atom stereocenters. The van der Waals surface area contributed by atoms with E-state index in [-0.39, 0.29) is 57.6 Å². The van der Waals surface area contributed by atoms with Gasteiger partial charge in [-0.05, 0) is 64.5 Å². The second-order valence-electron chi connectivity index (χ2n) is 16.9. The van der Waals surface area contributed by atoms with E-state index in [0.29, 0.717) is 22.9 Å². The monoisotopic (exact) mass is 1000 g/mol. The number of carbonyl (C=O) groups excluding carboxylic acids is 9. The van der Waals surface area contributed by atoms with Crippen molar-refractivity contribution in [2.45, 2.75) is 126 Å². The van der Waals surface area contributed by atoms with Crippen LogP contribution in [0, 0.1) is 0 Å². The number of aliphatic hydroxyl groups is 3. The van der Waals surface area contributed by atoms with Gasteiger partial charge in [0.25, 0.3) is 0 Å². The summed E-state index contributed by atoms with van der Waals surface area (Å²) >= 11 is 0. The molecule has 9 amide bonds. The van der Waals surface area contributed by atoms with E-state index < -0.39 is 133 Å². The summed E-state index contributed by atoms with van der Waals surface area (Å²) in [5.41, 5.74) is 23.1. The molecule has 28 nitrogen and oxygen atoms in total. The zero-order valence-corrected chi connectivity index (χ0v) is 39.5. The Morgan fingerprint density at radius 3 is 1.93 bits per heavy atom. The van der Waals surface area contributed by atoms with Gasteiger partial charge in [0, 0.05) is 43.0 Å². The molecule has 2 aromatic rings. The molecular weight excluding hydrogens is 937 g/mol. The molecule has 392 valence electrons. The van der Waals surface area contributed by atoms with E-state index in [1.165, 1.54) is 20.8 Å². The van der Waals surface area contributed by atoms with Gasteiger partial charge in [0.2, 0.25) is 53.2 Å². The molecule has 1 saturated heterocycles. The van der Waals surface area contributed by atoms with Crippen molar-refractivity contribution in [3.05, 3.63) is 36.0 Å². The van der Waals surface area contributed by atoms with Crippen molar-refractivity contribution in [3.8, 4) is 0 Å². The number of aromatic amines is 1. The number of para-hydroxylation sites is 1. The number of rotatable bonds is 28. The number of aliphatic imine (C=N–C) groups is 1. The topological polar surface area (TPSA) is 471 Å². The fourth-order valence-electron chi connectivity index (χ4n) is 7.40. The summed E-state index contributed by atoms with van der Waals surface area (Å²) in [4.78, 5) is 139. The lowest BCUT2D eigenvalue weighted by atomic mass is 10.0. The second kappa shape index (κ2) is 27.7. The molecule has 1 aromatic heterocycles. The molecule has 10 atom stereocenters. The number of amides is 9. The lowest BCUT2D eigenvalue weighted by Gasteiger charge is -2.29. The Kier molecular flexibility index (Phi) is 22.6. The highest BCUT2D eigenvalue weighted by Crippen LogP contribution is 2.21. The van der Waals surface area contributed by atoms with Gasteiger partial charge in [-0.3, -0.25) is 48.1 Å². The molecule has 1 aliphatic rings. The number of carbonyl (C=O) groups is 10. The number of fused-ring (bicyclic) bond motifs is 1. The molecule has 1 fully saturated rings. The summed E-state index contributed by atoms with van der Waals surface area (Å²) in [5, 5.41) is 56.2. The maximum Gasteiger partial charge on any atom is 0.328 e. The van der Waals surface area contributed by atoms with Gasteiger partial charge in [0.1, 0.15) is 48.3 Å². The quantitative estimate of drug-likeness (QED) is 0.0214. The van der Waals surface area contributed by atoms with Gasteiger partial charge in [-0.1, -0.05) is 18.2 Å². The largest absolute Gasteiger partial charge is 0.480 e. The zero-order valence-electron chi connectivity index (χ0n) is 39.5. The average molecular weight is 1000 g/mol. The number of nitrogens with two attached hydrogens (primary N) is 4. The van der Waals surface area contributed by atoms with Crippen LogP contribution in [0.4, 0.5) is 0 Å². The SMILES string of the molecule is C[C@H](NC(=O)[C@H](CO)NC(=O)[C@H](CCCN=C(N)N)NC(=O)[C@H](Cc1c[nH]c2ccccc12)NC(=O)[C@H](CCC(N)=O)NC(=O)[C@@H](N)CO)C(=O)N[C@@H](C)C(=O)N1CCC[C@H]1C(=O)N[C@H](C(=O)O)[C@@H](C)O. The molecule has 3 rings (SSSR count). The number of aromatic nitrogens is 1. The van der Waals surface area contributed by atoms with Gasteiger partial charge in [-0.15, -0.1) is 0 Å². The predicted molar refractivity (Wildman–Crippen MR) is 251 cm³/mol. The number of hydrogen-bond acceptors (Lipinski definition) is 15. The summed E-state index contributed by atoms with van der Waals surface area (Å²) in [5.74, 6) is -9.89. The van der Waals surface area contributed by atoms with E-state index >= 15 is 0 Å². The van der Waals surface area contributed by atoms with Crippen LogP contribution in [-0.4, -0.2) is 182 Å². The molecule has 0 bridgehead atoms. The first kappa shape index (κ1) is 57.9. The number of aliphatic hydroxyl groups excluding tert-OH is 3. The van der Waals surface area contributed by atoms with Crippen LogP contribution in [0.2, 0.25) is 0 Å². The minimum Gasteiger partial charge on any atom is -0.480 e. The standard InChI is InChI=1S/C43H66N14O14/c1-20(34(62)51-21(2)41(69)57-15-7-11-31(57)40(68)56-33(22(3)60)42(70)71)50-39(67)30(19-59)55-36(64)27(10-6-14-48-43(46)47)53-38(66)29(16-23-17-49-26-9-5-4-8-24(23)26)54-37(65)28(12-13-32(45)61)52-35(63)25(44)18-58/h4-5,8-9,17,20-22,25,27-31,33,49,58-60H,6-7,10-16,18-19,44H2,1-3H3,(H2,45,61)(H,50,67)(H,51,62)(H,52,63)(H,53,66)(H,54,65)(H,55,64)(H,56,68)(H,70,71)(H4,46,47,48)/t20-,21-,22+,25-,27-,28-,29-,30-,31-,33-/m0/s1. The van der Waals surface area contributed by atoms with E-state index in [1.54, 1.807) is 30.5 Å². The number of guanidine groups is 1. The first-order valence-electron chi connectivity index (χ1n) is 22.7. The Morgan fingerprint density at radius 1 is 0.746 bits per heavy atom. The number of carboxylic acids is 1. The minimum atomic E-state index is -1.73. The van der Waals surface area contributed by atoms with Crippen LogP contribution in [0.3, 0.4) is 0 Å². The number of carboxylic acid groups (broad SMARTS) is 1. The highest BCUT2D eigenvalue weighted by molar-refractivity contribution is 5.98. The third-order valence-corrected chi connectivity index (χ3v) is 11.3. The van der Waals surface area contributed by atoms with Gasteiger partial charge in [-0.25, -0.2) is 4.79 Å². The lowest BCUT2D eigenvalue weighted by molar-refractivity contribution is -0.147. The molecule has 0 aliphatic carbocycles. The Balaban J connectivity index is 1.80. The molecule has 0 radical (unpaired) electrons. The van der Waals surface area contributed by atoms with Crippen molar-refractivity contribution < 1.29 is 68.4 Å². The van der Waals surface area contributed by atoms with Crippen LogP contribution < -0.4 is 60.2 Å². The lowest BCUT2D eigenvalue weighted by Crippen LogP contribution is -2.60. The first-order chi connectivity index (χ1) is 33.5. The zero-order chi connectivity index (χ0) is 53.1. The third kappa shape index (κ3) is 17.5. The molecule has 0 saturated carbocycles. The van der Waals surface area contributed by atoms with Gasteiger partial charge in [-0.2, -0.15) is 0 Å². The van der Waals surface area contributed by atoms with Gasteiger partial charge in [0.15, 0.2) is 12.0 Å². The smallest absolute Gasteiger partial charge is 0.328 e. The number of likely N-dealkylation sites (tertiary alicyclic amines) is 1. The van der Waals surface area contributed by atoms with Crippen molar-refractivity contribution in [2.75, 3.05) is 26.3 Å². The molecule has 20 N–H and O–H groups in total. The Hall–Kier alpha value is -7.43. The number of primary amides is 1. The first-order valence-corrected chi connectivity index (χ1v) is 22.7. The number of aliphatic carboxylic acids is 1. The van der Waals surface area contributed by atoms with Crippen molar-refractivity contribution in [1.29, 1.82) is 0 Å². The predicted octanol–water partition coefficient (Wildman–Crippen LogP) is -6.77. The fraction of sp³-hybridized carbons (Fsp3) is 0.558. The third-order valence-electron chi connectivity index (χ3n) is 11.3. The summed E-state index contributed by atoms with van der Waals surface area (Å²) in [6.07, 6.45) is -0.297.